The Bertz CT molecular complexity index is 474. The van der Waals surface area contributed by atoms with Gasteiger partial charge in [0.2, 0.25) is 5.91 Å². The van der Waals surface area contributed by atoms with E-state index >= 15 is 0 Å². The number of para-hydroxylation sites is 2. The first-order valence-corrected chi connectivity index (χ1v) is 6.95. The van der Waals surface area contributed by atoms with Crippen LogP contribution in [0, 0.1) is 0 Å². The lowest BCUT2D eigenvalue weighted by molar-refractivity contribution is -0.121. The van der Waals surface area contributed by atoms with E-state index in [-0.39, 0.29) is 18.6 Å². The number of anilines is 1. The molecule has 0 bridgehead atoms. The highest BCUT2D eigenvalue weighted by atomic mass is 16.5. The van der Waals surface area contributed by atoms with Gasteiger partial charge in [0.15, 0.2) is 0 Å². The second-order valence-electron chi connectivity index (χ2n) is 5.53. The van der Waals surface area contributed by atoms with Crippen molar-refractivity contribution >= 4 is 11.6 Å². The van der Waals surface area contributed by atoms with Crippen LogP contribution in [0.1, 0.15) is 26.7 Å². The summed E-state index contributed by atoms with van der Waals surface area (Å²) in [7, 11) is 0. The van der Waals surface area contributed by atoms with E-state index in [9.17, 15) is 4.79 Å². The summed E-state index contributed by atoms with van der Waals surface area (Å²) in [5, 5.41) is 15.0. The molecule has 2 rings (SSSR count). The number of carbonyl (C=O) groups is 1. The second-order valence-corrected chi connectivity index (χ2v) is 5.53. The molecule has 0 saturated carbocycles. The van der Waals surface area contributed by atoms with Crippen LogP contribution in [-0.2, 0) is 4.79 Å². The highest BCUT2D eigenvalue weighted by molar-refractivity contribution is 5.76. The van der Waals surface area contributed by atoms with Crippen LogP contribution in [0.15, 0.2) is 24.3 Å². The number of amides is 1. The fraction of sp³-hybridized carbons (Fsp3) is 0.533. The van der Waals surface area contributed by atoms with Crippen molar-refractivity contribution in [2.75, 3.05) is 18.5 Å². The summed E-state index contributed by atoms with van der Waals surface area (Å²) in [5.74, 6) is 0.788. The molecule has 0 saturated heterocycles. The zero-order chi connectivity index (χ0) is 14.6. The van der Waals surface area contributed by atoms with E-state index in [1.807, 2.05) is 38.1 Å². The Morgan fingerprint density at radius 1 is 1.45 bits per heavy atom. The van der Waals surface area contributed by atoms with Crippen molar-refractivity contribution in [2.45, 2.75) is 38.3 Å². The molecule has 0 radical (unpaired) electrons. The highest BCUT2D eigenvalue weighted by Gasteiger charge is 2.36. The Kier molecular flexibility index (Phi) is 4.49. The molecular formula is C15H22N2O3. The minimum absolute atomic E-state index is 0.00419. The maximum atomic E-state index is 11.6. The monoisotopic (exact) mass is 278 g/mol. The Morgan fingerprint density at radius 3 is 2.95 bits per heavy atom. The summed E-state index contributed by atoms with van der Waals surface area (Å²) in [6.45, 7) is 4.53. The number of ether oxygens (including phenoxy) is 1. The topological polar surface area (TPSA) is 70.6 Å². The molecule has 0 spiro atoms. The van der Waals surface area contributed by atoms with Gasteiger partial charge >= 0.3 is 0 Å². The molecule has 3 N–H and O–H groups in total. The molecule has 1 aromatic carbocycles. The molecule has 20 heavy (non-hydrogen) atoms. The maximum absolute atomic E-state index is 11.6. The molecule has 1 amide bonds. The standard InChI is InChI=1S/C15H22N2O3/c1-15(2)13(10-16-14(19)8-5-9-18)17-11-6-3-4-7-12(11)20-15/h3-4,6-7,13,17-18H,5,8-10H2,1-2H3,(H,16,19). The van der Waals surface area contributed by atoms with Crippen LogP contribution < -0.4 is 15.4 Å². The van der Waals surface area contributed by atoms with Crippen LogP contribution in [-0.4, -0.2) is 35.8 Å². The molecule has 0 fully saturated rings. The largest absolute Gasteiger partial charge is 0.483 e. The molecule has 5 heteroatoms. The zero-order valence-electron chi connectivity index (χ0n) is 12.0. The van der Waals surface area contributed by atoms with Gasteiger partial charge in [0.25, 0.3) is 0 Å². The molecule has 1 heterocycles. The number of fused-ring (bicyclic) bond motifs is 1. The molecular weight excluding hydrogens is 256 g/mol. The number of carbonyl (C=O) groups excluding carboxylic acids is 1. The number of aliphatic hydroxyl groups excluding tert-OH is 1. The van der Waals surface area contributed by atoms with Gasteiger partial charge in [-0.15, -0.1) is 0 Å². The van der Waals surface area contributed by atoms with E-state index < -0.39 is 5.60 Å². The smallest absolute Gasteiger partial charge is 0.220 e. The van der Waals surface area contributed by atoms with Crippen molar-refractivity contribution in [3.63, 3.8) is 0 Å². The number of aliphatic hydroxyl groups is 1. The summed E-state index contributed by atoms with van der Waals surface area (Å²) in [6.07, 6.45) is 0.841. The highest BCUT2D eigenvalue weighted by Crippen LogP contribution is 2.35. The summed E-state index contributed by atoms with van der Waals surface area (Å²) in [5.41, 5.74) is 0.542. The van der Waals surface area contributed by atoms with Crippen molar-refractivity contribution < 1.29 is 14.6 Å². The average molecular weight is 278 g/mol. The minimum atomic E-state index is -0.404. The van der Waals surface area contributed by atoms with Gasteiger partial charge in [-0.1, -0.05) is 12.1 Å². The molecule has 1 atom stereocenters. The van der Waals surface area contributed by atoms with Gasteiger partial charge in [-0.05, 0) is 32.4 Å². The van der Waals surface area contributed by atoms with E-state index in [1.165, 1.54) is 0 Å². The number of benzene rings is 1. The van der Waals surface area contributed by atoms with Crippen molar-refractivity contribution in [3.8, 4) is 5.75 Å². The van der Waals surface area contributed by atoms with Crippen molar-refractivity contribution in [3.05, 3.63) is 24.3 Å². The maximum Gasteiger partial charge on any atom is 0.220 e. The Morgan fingerprint density at radius 2 is 2.20 bits per heavy atom. The van der Waals surface area contributed by atoms with E-state index in [2.05, 4.69) is 10.6 Å². The second kappa shape index (κ2) is 6.13. The third kappa shape index (κ3) is 3.42. The summed E-state index contributed by atoms with van der Waals surface area (Å²) in [4.78, 5) is 11.6. The first-order chi connectivity index (χ1) is 9.53. The number of hydrogen-bond donors (Lipinski definition) is 3. The molecule has 1 unspecified atom stereocenters. The first kappa shape index (κ1) is 14.7. The first-order valence-electron chi connectivity index (χ1n) is 6.95. The third-order valence-corrected chi connectivity index (χ3v) is 3.49. The van der Waals surface area contributed by atoms with Crippen LogP contribution in [0.5, 0.6) is 5.75 Å². The van der Waals surface area contributed by atoms with E-state index in [0.717, 1.165) is 11.4 Å². The predicted octanol–water partition coefficient (Wildman–Crippen LogP) is 1.53. The number of nitrogens with one attached hydrogen (secondary N) is 2. The van der Waals surface area contributed by atoms with Gasteiger partial charge in [0.1, 0.15) is 11.4 Å². The lowest BCUT2D eigenvalue weighted by atomic mass is 9.95. The average Bonchev–Trinajstić information content (AvgIpc) is 2.42. The molecule has 1 aliphatic rings. The number of rotatable bonds is 5. The molecule has 1 aliphatic heterocycles. The third-order valence-electron chi connectivity index (χ3n) is 3.49. The van der Waals surface area contributed by atoms with Crippen LogP contribution in [0.2, 0.25) is 0 Å². The molecule has 0 aromatic heterocycles. The summed E-state index contributed by atoms with van der Waals surface area (Å²) < 4.78 is 5.99. The molecule has 0 aliphatic carbocycles. The van der Waals surface area contributed by atoms with Crippen LogP contribution in [0.4, 0.5) is 5.69 Å². The van der Waals surface area contributed by atoms with Gasteiger partial charge in [0.05, 0.1) is 11.7 Å². The SMILES string of the molecule is CC1(C)Oc2ccccc2NC1CNC(=O)CCCO. The summed E-state index contributed by atoms with van der Waals surface area (Å²) >= 11 is 0. The van der Waals surface area contributed by atoms with Crippen molar-refractivity contribution in [1.29, 1.82) is 0 Å². The van der Waals surface area contributed by atoms with Crippen LogP contribution in [0.3, 0.4) is 0 Å². The normalized spacial score (nSPS) is 19.4. The van der Waals surface area contributed by atoms with Crippen LogP contribution in [0.25, 0.3) is 0 Å². The van der Waals surface area contributed by atoms with E-state index in [4.69, 9.17) is 9.84 Å². The molecule has 110 valence electrons. The Hall–Kier alpha value is -1.75. The van der Waals surface area contributed by atoms with Gasteiger partial charge in [-0.3, -0.25) is 4.79 Å². The quantitative estimate of drug-likeness (QED) is 0.764. The Balaban J connectivity index is 1.96. The van der Waals surface area contributed by atoms with Gasteiger partial charge in [0, 0.05) is 19.6 Å². The van der Waals surface area contributed by atoms with Gasteiger partial charge < -0.3 is 20.5 Å². The van der Waals surface area contributed by atoms with Gasteiger partial charge in [-0.2, -0.15) is 0 Å². The van der Waals surface area contributed by atoms with E-state index in [0.29, 0.717) is 19.4 Å². The van der Waals surface area contributed by atoms with Crippen molar-refractivity contribution in [1.82, 2.24) is 5.32 Å². The number of hydrogen-bond acceptors (Lipinski definition) is 4. The van der Waals surface area contributed by atoms with Gasteiger partial charge in [-0.25, -0.2) is 0 Å². The zero-order valence-corrected chi connectivity index (χ0v) is 12.0. The lowest BCUT2D eigenvalue weighted by Gasteiger charge is -2.41. The summed E-state index contributed by atoms with van der Waals surface area (Å²) in [6, 6.07) is 7.78. The van der Waals surface area contributed by atoms with Crippen molar-refractivity contribution in [2.24, 2.45) is 0 Å². The predicted molar refractivity (Wildman–Crippen MR) is 77.9 cm³/mol. The molecule has 1 aromatic rings. The lowest BCUT2D eigenvalue weighted by Crippen LogP contribution is -2.54. The fourth-order valence-corrected chi connectivity index (χ4v) is 2.23. The van der Waals surface area contributed by atoms with E-state index in [1.54, 1.807) is 0 Å². The Labute approximate surface area is 119 Å². The van der Waals surface area contributed by atoms with Crippen LogP contribution >= 0.6 is 0 Å². The molecule has 5 nitrogen and oxygen atoms in total. The fourth-order valence-electron chi connectivity index (χ4n) is 2.23. The minimum Gasteiger partial charge on any atom is -0.483 e.